The van der Waals surface area contributed by atoms with Crippen molar-refractivity contribution in [2.75, 3.05) is 26.4 Å². The van der Waals surface area contributed by atoms with Crippen molar-refractivity contribution in [1.82, 2.24) is 10.6 Å². The molecule has 2 amide bonds. The molecule has 10 unspecified atom stereocenters. The second kappa shape index (κ2) is 47.6. The second-order valence-electron chi connectivity index (χ2n) is 35.8. The minimum Gasteiger partial charge on any atom is -0.462 e. The van der Waals surface area contributed by atoms with Crippen LogP contribution < -0.4 is 10.6 Å². The van der Waals surface area contributed by atoms with E-state index in [0.717, 1.165) is 35.1 Å². The maximum absolute atomic E-state index is 14.1. The van der Waals surface area contributed by atoms with Gasteiger partial charge in [0.05, 0.1) is 83.9 Å². The number of esters is 4. The maximum Gasteiger partial charge on any atom is 0.475 e. The Balaban J connectivity index is 0.000000341. The normalized spacial score (nSPS) is 29.8. The first-order valence-electron chi connectivity index (χ1n) is 43.2. The van der Waals surface area contributed by atoms with E-state index in [0.29, 0.717) is 12.8 Å². The molecular weight excluding hydrogens is 1690 g/mol. The van der Waals surface area contributed by atoms with E-state index in [-0.39, 0.29) is 100 Å². The maximum atomic E-state index is 14.1. The average molecular weight is 1830 g/mol. The Morgan fingerprint density at radius 3 is 1.17 bits per heavy atom. The third-order valence-corrected chi connectivity index (χ3v) is 36.2. The third-order valence-electron chi connectivity index (χ3n) is 24.6. The summed E-state index contributed by atoms with van der Waals surface area (Å²) in [6.45, 7) is 38.1. The molecule has 6 aliphatic heterocycles. The van der Waals surface area contributed by atoms with Crippen LogP contribution in [0.15, 0.2) is 58.8 Å². The number of hydrogen-bond acceptors (Lipinski definition) is 31. The summed E-state index contributed by atoms with van der Waals surface area (Å²) in [7, 11) is -13.9. The first-order valence-corrected chi connectivity index (χ1v) is 52.0. The highest BCUT2D eigenvalue weighted by Gasteiger charge is 2.57. The molecule has 0 saturated carbocycles. The molecule has 4 fully saturated rings. The number of ether oxygens (including phenoxy) is 10. The largest absolute Gasteiger partial charge is 0.475 e. The van der Waals surface area contributed by atoms with Gasteiger partial charge in [0.1, 0.15) is 73.1 Å². The van der Waals surface area contributed by atoms with Crippen molar-refractivity contribution in [2.45, 2.75) is 361 Å². The SMILES string of the molecule is CCC(=O)O[C@H](CC)CC(=O)NC1[C@H](OCC2OC(O[Si](C)(C)C(C)(C)C)C(N=[N+]=[N-])[C@@H](OC(=O)C[C@H](C)CC)[C@@H]2C)OC(CO)[C@@H](OP2(=O)OCc3ccccc3CO2)[C@@H]1C.CCC(=O)O[C@H](CC)CC(=O)NC1[C@H](OCC2OC(O[Si](C)(C)C(C)(C)C)C(N=[N+]=[N-])[C@@H](OC(=O)C[C@H](C)CC)[C@@H]2C)OC(CO)[C@@H](OP2(=O)OCc3ccccc3CO2)[C@@H]1O. The lowest BCUT2D eigenvalue weighted by Gasteiger charge is -2.48. The van der Waals surface area contributed by atoms with E-state index in [4.69, 9.17) is 83.4 Å². The Morgan fingerprint density at radius 2 is 0.839 bits per heavy atom. The van der Waals surface area contributed by atoms with E-state index < -0.39 is 215 Å². The van der Waals surface area contributed by atoms with Crippen LogP contribution in [0.5, 0.6) is 0 Å². The lowest BCUT2D eigenvalue weighted by molar-refractivity contribution is -0.288. The molecule has 2 aromatic rings. The molecule has 700 valence electrons. The van der Waals surface area contributed by atoms with Crippen molar-refractivity contribution in [2.24, 2.45) is 39.8 Å². The number of benzene rings is 2. The number of rotatable bonds is 38. The highest BCUT2D eigenvalue weighted by molar-refractivity contribution is 7.48. The van der Waals surface area contributed by atoms with Crippen molar-refractivity contribution < 1.29 is 137 Å². The topological polar surface area (TPSA) is 485 Å². The Labute approximate surface area is 730 Å². The number of amides is 2. The van der Waals surface area contributed by atoms with E-state index in [1.807, 2.05) is 98.9 Å². The van der Waals surface area contributed by atoms with Crippen LogP contribution in [0.3, 0.4) is 0 Å². The highest BCUT2D eigenvalue weighted by Crippen LogP contribution is 2.57. The van der Waals surface area contributed by atoms with Crippen molar-refractivity contribution in [3.63, 3.8) is 0 Å². The van der Waals surface area contributed by atoms with Crippen LogP contribution in [-0.2, 0) is 148 Å². The number of fused-ring (bicyclic) bond motifs is 2. The number of hydrogen-bond donors (Lipinski definition) is 5. The molecule has 124 heavy (non-hydrogen) atoms. The van der Waals surface area contributed by atoms with E-state index in [9.17, 15) is 64.3 Å². The summed E-state index contributed by atoms with van der Waals surface area (Å²) in [6.07, 6.45) is -14.9. The lowest BCUT2D eigenvalue weighted by atomic mass is 9.88. The van der Waals surface area contributed by atoms with Gasteiger partial charge in [0.15, 0.2) is 41.8 Å². The van der Waals surface area contributed by atoms with Gasteiger partial charge in [-0.25, -0.2) is 9.13 Å². The van der Waals surface area contributed by atoms with Gasteiger partial charge in [-0.05, 0) is 94.3 Å². The Morgan fingerprint density at radius 1 is 0.500 bits per heavy atom. The van der Waals surface area contributed by atoms with Gasteiger partial charge < -0.3 is 82.2 Å². The summed E-state index contributed by atoms with van der Waals surface area (Å²) >= 11 is 0. The van der Waals surface area contributed by atoms with Crippen LogP contribution in [0.25, 0.3) is 20.9 Å². The lowest BCUT2D eigenvalue weighted by Crippen LogP contribution is -2.66. The Bertz CT molecular complexity index is 3710. The van der Waals surface area contributed by atoms with E-state index >= 15 is 0 Å². The molecule has 37 nitrogen and oxygen atoms in total. The molecule has 0 spiro atoms. The summed E-state index contributed by atoms with van der Waals surface area (Å²) in [5.74, 6) is -4.94. The van der Waals surface area contributed by atoms with Crippen LogP contribution in [0.2, 0.25) is 36.3 Å². The number of carbonyl (C=O) groups excluding carboxylic acids is 6. The molecule has 0 radical (unpaired) electrons. The first-order chi connectivity index (χ1) is 58.4. The average Bonchev–Trinajstić information content (AvgIpc) is 0.915. The molecule has 6 aliphatic rings. The molecule has 4 saturated heterocycles. The summed E-state index contributed by atoms with van der Waals surface area (Å²) in [5, 5.41) is 46.5. The second-order valence-corrected chi connectivity index (χ2v) is 48.5. The molecule has 5 N–H and O–H groups in total. The van der Waals surface area contributed by atoms with Crippen LogP contribution in [-0.4, -0.2) is 211 Å². The number of azide groups is 2. The fourth-order valence-electron chi connectivity index (χ4n) is 14.0. The number of phosphoric acid groups is 2. The molecular formula is C83H136N8O29P2Si2. The number of nitrogens with one attached hydrogen (secondary N) is 2. The molecule has 41 heteroatoms. The smallest absolute Gasteiger partial charge is 0.462 e. The van der Waals surface area contributed by atoms with Crippen LogP contribution in [0, 0.1) is 29.6 Å². The van der Waals surface area contributed by atoms with Gasteiger partial charge in [-0.2, -0.15) is 0 Å². The Hall–Kier alpha value is -5.91. The van der Waals surface area contributed by atoms with E-state index in [1.54, 1.807) is 72.7 Å². The van der Waals surface area contributed by atoms with Gasteiger partial charge in [-0.15, -0.1) is 0 Å². The van der Waals surface area contributed by atoms with Gasteiger partial charge in [-0.1, -0.05) is 189 Å². The molecule has 0 aromatic heterocycles. The summed E-state index contributed by atoms with van der Waals surface area (Å²) in [6, 6.07) is 9.96. The van der Waals surface area contributed by atoms with Crippen molar-refractivity contribution in [1.29, 1.82) is 0 Å². The predicted octanol–water partition coefficient (Wildman–Crippen LogP) is 14.0. The van der Waals surface area contributed by atoms with Gasteiger partial charge >= 0.3 is 39.5 Å². The molecule has 24 atom stereocenters. The van der Waals surface area contributed by atoms with Crippen molar-refractivity contribution in [3.8, 4) is 0 Å². The van der Waals surface area contributed by atoms with E-state index in [2.05, 4.69) is 51.5 Å². The van der Waals surface area contributed by atoms with Crippen LogP contribution in [0.1, 0.15) is 204 Å². The number of phosphoric ester groups is 2. The standard InChI is InChI=1S/C42H69N4O14PSi.C41H67N4O15PSi/c1-12-25(4)19-35(50)58-39-26(5)32(57-41(37(39)45-46-43)60-62(10,11)42(7,8)9)24-52-40-36(44-33(48)20-30(13-2)55-34(49)14-3)27(6)38(31(21-47)56-40)59-61(51)53-22-28-17-15-16-18-29(28)23-54-61;1-11-24(4)18-33(49)58-37-25(5)30(57-40(35(37)44-45-42)60-62(9,10)41(6,7)8)23-52-39-34(43-31(47)19-28(12-2)55-32(48)13-3)36(50)38(29(20-46)56-39)59-61(51)53-21-26-16-14-15-17-27(26)22-54-61/h15-18,25-27,30-32,36-41,47H,12-14,19-24H2,1-11H3,(H,44,48);14-17,24-25,28-30,34-40,46,50H,11-13,18-23H2,1-10H3,(H,43,47)/t25-,26-,27-,30-,31?,32?,36?,37?,38+,39+,40-,41?;24-,25-,28-,29?,30?,34?,35?,36-,37+,38-,39-,40?/m11/s1. The first kappa shape index (κ1) is 105. The predicted molar refractivity (Wildman–Crippen MR) is 456 cm³/mol. The van der Waals surface area contributed by atoms with E-state index in [1.165, 1.54) is 0 Å². The summed E-state index contributed by atoms with van der Waals surface area (Å²) in [4.78, 5) is 84.4. The quantitative estimate of drug-likeness (QED) is 0.00793. The number of carbonyl (C=O) groups is 6. The van der Waals surface area contributed by atoms with Crippen LogP contribution in [0.4, 0.5) is 0 Å². The minimum atomic E-state index is -4.42. The van der Waals surface area contributed by atoms with Gasteiger partial charge in [-0.3, -0.25) is 55.9 Å². The van der Waals surface area contributed by atoms with Crippen molar-refractivity contribution in [3.05, 3.63) is 91.7 Å². The molecule has 0 aliphatic carbocycles. The fraction of sp³-hybridized carbons (Fsp3) is 0.783. The molecule has 2 aromatic carbocycles. The molecule has 0 bridgehead atoms. The van der Waals surface area contributed by atoms with Gasteiger partial charge in [0.2, 0.25) is 11.8 Å². The number of nitrogens with zero attached hydrogens (tertiary/aromatic N) is 6. The monoisotopic (exact) mass is 1830 g/mol. The Kier molecular flexibility index (Phi) is 40.4. The zero-order valence-electron chi connectivity index (χ0n) is 75.7. The number of aliphatic hydroxyl groups is 3. The highest BCUT2D eigenvalue weighted by atomic mass is 31.2. The van der Waals surface area contributed by atoms with Crippen LogP contribution >= 0.6 is 15.6 Å². The van der Waals surface area contributed by atoms with Gasteiger partial charge in [0.25, 0.3) is 0 Å². The third kappa shape index (κ3) is 29.0. The molecule has 8 rings (SSSR count). The summed E-state index contributed by atoms with van der Waals surface area (Å²) < 4.78 is 138. The molecule has 6 heterocycles. The minimum absolute atomic E-state index is 0.0326. The van der Waals surface area contributed by atoms with Gasteiger partial charge in [0, 0.05) is 53.3 Å². The fourth-order valence-corrected chi connectivity index (χ4v) is 19.0. The number of aliphatic hydroxyl groups excluding tert-OH is 3. The zero-order valence-corrected chi connectivity index (χ0v) is 79.5. The summed E-state index contributed by atoms with van der Waals surface area (Å²) in [5.41, 5.74) is 22.4. The zero-order chi connectivity index (χ0) is 92.0. The van der Waals surface area contributed by atoms with Crippen molar-refractivity contribution >= 4 is 68.0 Å².